The summed E-state index contributed by atoms with van der Waals surface area (Å²) in [6.07, 6.45) is 2.41. The summed E-state index contributed by atoms with van der Waals surface area (Å²) in [5.74, 6) is -0.445. The Morgan fingerprint density at radius 3 is 2.93 bits per heavy atom. The molecule has 0 bridgehead atoms. The van der Waals surface area contributed by atoms with Crippen LogP contribution in [0.2, 0.25) is 0 Å². The van der Waals surface area contributed by atoms with Crippen LogP contribution in [0.25, 0.3) is 0 Å². The first kappa shape index (κ1) is 20.4. The molecular formula is C21H25N3O5. The van der Waals surface area contributed by atoms with E-state index in [1.165, 1.54) is 6.20 Å². The van der Waals surface area contributed by atoms with Crippen molar-refractivity contribution in [2.24, 2.45) is 5.92 Å². The van der Waals surface area contributed by atoms with Crippen LogP contribution in [0, 0.1) is 11.1 Å². The van der Waals surface area contributed by atoms with Gasteiger partial charge in [-0.05, 0) is 35.7 Å². The molecule has 0 saturated carbocycles. The number of hydrogen-bond donors (Lipinski definition) is 2. The van der Waals surface area contributed by atoms with Gasteiger partial charge >= 0.3 is 5.97 Å². The van der Waals surface area contributed by atoms with Gasteiger partial charge in [0.25, 0.3) is 5.82 Å². The van der Waals surface area contributed by atoms with Crippen LogP contribution < -0.4 is 14.8 Å². The number of aliphatic carboxylic acids is 1. The van der Waals surface area contributed by atoms with Gasteiger partial charge in [0, 0.05) is 26.1 Å². The molecule has 0 radical (unpaired) electrons. The molecule has 2 aromatic rings. The van der Waals surface area contributed by atoms with Crippen molar-refractivity contribution in [3.8, 4) is 5.75 Å². The molecule has 1 aromatic heterocycles. The number of benzene rings is 1. The predicted molar refractivity (Wildman–Crippen MR) is 106 cm³/mol. The van der Waals surface area contributed by atoms with Gasteiger partial charge in [0.2, 0.25) is 5.91 Å². The highest BCUT2D eigenvalue weighted by molar-refractivity contribution is 5.84. The maximum Gasteiger partial charge on any atom is 0.304 e. The molecule has 0 spiro atoms. The van der Waals surface area contributed by atoms with Gasteiger partial charge in [0.15, 0.2) is 0 Å². The number of carbonyl (C=O) groups is 2. The highest BCUT2D eigenvalue weighted by Crippen LogP contribution is 2.27. The number of nitrogens with zero attached hydrogens (tertiary/aromatic N) is 2. The molecule has 0 saturated heterocycles. The third-order valence-corrected chi connectivity index (χ3v) is 4.92. The minimum Gasteiger partial charge on any atom is -0.711 e. The maximum atomic E-state index is 12.4. The summed E-state index contributed by atoms with van der Waals surface area (Å²) in [4.78, 5) is 25.1. The summed E-state index contributed by atoms with van der Waals surface area (Å²) in [5, 5.41) is 23.7. The average molecular weight is 399 g/mol. The summed E-state index contributed by atoms with van der Waals surface area (Å²) in [6.45, 7) is 1.51. The number of fused-ring (bicyclic) bond motifs is 1. The fourth-order valence-corrected chi connectivity index (χ4v) is 3.45. The van der Waals surface area contributed by atoms with Crippen LogP contribution in [0.1, 0.15) is 24.0 Å². The van der Waals surface area contributed by atoms with Crippen LogP contribution in [0.3, 0.4) is 0 Å². The molecular weight excluding hydrogens is 374 g/mol. The standard InChI is InChI=1S/C21H25N3O5/c1-23-14-17-12-18(7-6-15(17)11-16(21(23)27)13-20(25)26)29-10-4-8-22-19-5-2-3-9-24(19)28/h2-3,5-7,9,12,16,22H,4,8,10-11,13-14H2,1H3,(H,25,26). The molecule has 8 heteroatoms. The second-order valence-electron chi connectivity index (χ2n) is 7.16. The Balaban J connectivity index is 1.55. The van der Waals surface area contributed by atoms with Crippen molar-refractivity contribution in [2.45, 2.75) is 25.8 Å². The van der Waals surface area contributed by atoms with E-state index in [1.807, 2.05) is 18.2 Å². The molecule has 1 aliphatic heterocycles. The van der Waals surface area contributed by atoms with E-state index in [2.05, 4.69) is 5.32 Å². The smallest absolute Gasteiger partial charge is 0.304 e. The SMILES string of the molecule is CN1Cc2cc(OCCCNc3cccc[n+]3[O-])ccc2CC(CC(=O)O)C1=O. The van der Waals surface area contributed by atoms with Crippen LogP contribution in [0.5, 0.6) is 5.75 Å². The van der Waals surface area contributed by atoms with Gasteiger partial charge in [0.1, 0.15) is 5.75 Å². The lowest BCUT2D eigenvalue weighted by Gasteiger charge is -2.18. The van der Waals surface area contributed by atoms with Gasteiger partial charge in [-0.1, -0.05) is 12.1 Å². The number of amides is 1. The van der Waals surface area contributed by atoms with E-state index in [9.17, 15) is 14.8 Å². The van der Waals surface area contributed by atoms with Crippen molar-refractivity contribution in [1.29, 1.82) is 0 Å². The van der Waals surface area contributed by atoms with Crippen molar-refractivity contribution in [2.75, 3.05) is 25.5 Å². The van der Waals surface area contributed by atoms with Gasteiger partial charge in [-0.15, -0.1) is 0 Å². The molecule has 2 N–H and O–H groups in total. The van der Waals surface area contributed by atoms with Gasteiger partial charge < -0.3 is 20.0 Å². The van der Waals surface area contributed by atoms with Crippen LogP contribution in [0.15, 0.2) is 42.6 Å². The number of ether oxygens (including phenoxy) is 1. The lowest BCUT2D eigenvalue weighted by atomic mass is 9.94. The largest absolute Gasteiger partial charge is 0.711 e. The molecule has 1 atom stereocenters. The summed E-state index contributed by atoms with van der Waals surface area (Å²) in [5.41, 5.74) is 1.95. The Kier molecular flexibility index (Phi) is 6.54. The zero-order chi connectivity index (χ0) is 20.8. The van der Waals surface area contributed by atoms with Crippen LogP contribution in [0.4, 0.5) is 5.82 Å². The number of carboxylic acid groups (broad SMARTS) is 1. The maximum absolute atomic E-state index is 12.4. The third-order valence-electron chi connectivity index (χ3n) is 4.92. The molecule has 154 valence electrons. The van der Waals surface area contributed by atoms with Crippen LogP contribution in [-0.2, 0) is 22.6 Å². The molecule has 8 nitrogen and oxygen atoms in total. The summed E-state index contributed by atoms with van der Waals surface area (Å²) < 4.78 is 6.59. The van der Waals surface area contributed by atoms with E-state index in [-0.39, 0.29) is 12.3 Å². The van der Waals surface area contributed by atoms with Crippen molar-refractivity contribution >= 4 is 17.7 Å². The van der Waals surface area contributed by atoms with Crippen molar-refractivity contribution in [3.05, 3.63) is 58.9 Å². The number of carboxylic acids is 1. The molecule has 2 heterocycles. The number of nitrogens with one attached hydrogen (secondary N) is 1. The number of rotatable bonds is 8. The summed E-state index contributed by atoms with van der Waals surface area (Å²) in [7, 11) is 1.69. The van der Waals surface area contributed by atoms with E-state index in [0.717, 1.165) is 15.9 Å². The summed E-state index contributed by atoms with van der Waals surface area (Å²) in [6, 6.07) is 10.9. The Labute approximate surface area is 169 Å². The quantitative estimate of drug-likeness (QED) is 0.398. The van der Waals surface area contributed by atoms with E-state index in [1.54, 1.807) is 30.1 Å². The number of pyridine rings is 1. The van der Waals surface area contributed by atoms with Crippen molar-refractivity contribution in [1.82, 2.24) is 4.90 Å². The first-order valence-electron chi connectivity index (χ1n) is 9.57. The average Bonchev–Trinajstić information content (AvgIpc) is 2.79. The fourth-order valence-electron chi connectivity index (χ4n) is 3.45. The van der Waals surface area contributed by atoms with E-state index in [0.29, 0.717) is 44.1 Å². The lowest BCUT2D eigenvalue weighted by molar-refractivity contribution is -0.590. The van der Waals surface area contributed by atoms with Crippen LogP contribution in [-0.4, -0.2) is 42.1 Å². The van der Waals surface area contributed by atoms with Crippen molar-refractivity contribution in [3.63, 3.8) is 0 Å². The minimum atomic E-state index is -0.966. The number of aromatic nitrogens is 1. The van der Waals surface area contributed by atoms with Gasteiger partial charge in [-0.25, -0.2) is 4.73 Å². The second-order valence-corrected chi connectivity index (χ2v) is 7.16. The number of hydrogen-bond acceptors (Lipinski definition) is 5. The van der Waals surface area contributed by atoms with Gasteiger partial charge in [0.05, 0.1) is 31.7 Å². The lowest BCUT2D eigenvalue weighted by Crippen LogP contribution is -2.32. The number of carbonyl (C=O) groups excluding carboxylic acids is 1. The topological polar surface area (TPSA) is 106 Å². The molecule has 0 aliphatic carbocycles. The summed E-state index contributed by atoms with van der Waals surface area (Å²) >= 11 is 0. The van der Waals surface area contributed by atoms with E-state index < -0.39 is 11.9 Å². The Morgan fingerprint density at radius 2 is 2.17 bits per heavy atom. The highest BCUT2D eigenvalue weighted by atomic mass is 16.5. The highest BCUT2D eigenvalue weighted by Gasteiger charge is 2.29. The fraction of sp³-hybridized carbons (Fsp3) is 0.381. The first-order valence-corrected chi connectivity index (χ1v) is 9.57. The zero-order valence-electron chi connectivity index (χ0n) is 16.3. The molecule has 1 amide bonds. The van der Waals surface area contributed by atoms with Gasteiger partial charge in [-0.2, -0.15) is 0 Å². The van der Waals surface area contributed by atoms with Crippen LogP contribution >= 0.6 is 0 Å². The molecule has 1 aliphatic rings. The Bertz CT molecular complexity index is 886. The normalized spacial score (nSPS) is 16.1. The van der Waals surface area contributed by atoms with E-state index >= 15 is 0 Å². The molecule has 0 fully saturated rings. The molecule has 1 aromatic carbocycles. The Hall–Kier alpha value is -3.29. The zero-order valence-corrected chi connectivity index (χ0v) is 16.3. The Morgan fingerprint density at radius 1 is 1.34 bits per heavy atom. The predicted octanol–water partition coefficient (Wildman–Crippen LogP) is 1.81. The molecule has 1 unspecified atom stereocenters. The minimum absolute atomic E-state index is 0.145. The molecule has 3 rings (SSSR count). The third kappa shape index (κ3) is 5.37. The first-order chi connectivity index (χ1) is 13.9. The monoisotopic (exact) mass is 399 g/mol. The second kappa shape index (κ2) is 9.27. The van der Waals surface area contributed by atoms with Gasteiger partial charge in [-0.3, -0.25) is 14.9 Å². The molecule has 29 heavy (non-hydrogen) atoms. The number of anilines is 1. The van der Waals surface area contributed by atoms with E-state index in [4.69, 9.17) is 9.84 Å². The van der Waals surface area contributed by atoms with Crippen molar-refractivity contribution < 1.29 is 24.2 Å².